The molecule has 6 rings (SSSR count). The number of pyridine rings is 2. The number of benzene rings is 3. The number of aromatic nitrogens is 2. The molecule has 0 aliphatic carbocycles. The number of rotatable bonds is 1. The highest BCUT2D eigenvalue weighted by molar-refractivity contribution is 5.97. The molecule has 4 heteroatoms. The molecule has 138 valence electrons. The highest BCUT2D eigenvalue weighted by atomic mass is 16.5. The van der Waals surface area contributed by atoms with E-state index < -0.39 is 6.10 Å². The van der Waals surface area contributed by atoms with Gasteiger partial charge in [-0.2, -0.15) is 0 Å². The summed E-state index contributed by atoms with van der Waals surface area (Å²) < 4.78 is 6.57. The van der Waals surface area contributed by atoms with Crippen molar-refractivity contribution in [2.45, 2.75) is 6.10 Å². The van der Waals surface area contributed by atoms with Crippen LogP contribution in [0.3, 0.4) is 0 Å². The molecule has 0 bridgehead atoms. The number of phenolic OH excluding ortho intramolecular Hbond substituents is 1. The van der Waals surface area contributed by atoms with Gasteiger partial charge in [-0.25, -0.2) is 9.97 Å². The van der Waals surface area contributed by atoms with Crippen LogP contribution in [0.25, 0.3) is 33.1 Å². The smallest absolute Gasteiger partial charge is 0.159 e. The summed E-state index contributed by atoms with van der Waals surface area (Å²) in [4.78, 5) is 9.34. The van der Waals surface area contributed by atoms with Crippen molar-refractivity contribution in [2.24, 2.45) is 0 Å². The predicted molar refractivity (Wildman–Crippen MR) is 113 cm³/mol. The van der Waals surface area contributed by atoms with Gasteiger partial charge in [0.1, 0.15) is 11.5 Å². The molecule has 1 atom stereocenters. The molecule has 0 saturated carbocycles. The number of para-hydroxylation sites is 1. The van der Waals surface area contributed by atoms with Crippen molar-refractivity contribution in [3.05, 3.63) is 96.2 Å². The summed E-state index contributed by atoms with van der Waals surface area (Å²) in [5.41, 5.74) is 4.13. The molecule has 2 aromatic heterocycles. The minimum atomic E-state index is -0.457. The molecule has 0 radical (unpaired) electrons. The zero-order valence-corrected chi connectivity index (χ0v) is 15.4. The van der Waals surface area contributed by atoms with Crippen molar-refractivity contribution >= 4 is 21.8 Å². The Hall–Kier alpha value is -3.92. The Bertz CT molecular complexity index is 1410. The number of hydrogen-bond acceptors (Lipinski definition) is 4. The standard InChI is InChI=1S/C25H16N2O2/c28-21-10-4-3-9-18(21)24-20-14-16-7-5-13-26-25(16)27-22(20)19-12-11-15-6-1-2-8-17(15)23(19)29-24/h1-14,24,28H. The van der Waals surface area contributed by atoms with E-state index >= 15 is 0 Å². The fraction of sp³-hybridized carbons (Fsp3) is 0.0400. The first-order chi connectivity index (χ1) is 14.3. The number of ether oxygens (including phenoxy) is 1. The second-order valence-corrected chi connectivity index (χ2v) is 7.20. The molecule has 1 aliphatic rings. The van der Waals surface area contributed by atoms with E-state index in [0.29, 0.717) is 5.65 Å². The Morgan fingerprint density at radius 1 is 0.793 bits per heavy atom. The number of hydrogen-bond donors (Lipinski definition) is 1. The third kappa shape index (κ3) is 2.39. The van der Waals surface area contributed by atoms with Gasteiger partial charge in [0.25, 0.3) is 0 Å². The summed E-state index contributed by atoms with van der Waals surface area (Å²) in [6.45, 7) is 0. The van der Waals surface area contributed by atoms with E-state index in [4.69, 9.17) is 9.72 Å². The van der Waals surface area contributed by atoms with Gasteiger partial charge in [-0.05, 0) is 35.7 Å². The van der Waals surface area contributed by atoms with Gasteiger partial charge in [0.2, 0.25) is 0 Å². The van der Waals surface area contributed by atoms with E-state index in [2.05, 4.69) is 35.3 Å². The van der Waals surface area contributed by atoms with Crippen LogP contribution in [-0.2, 0) is 0 Å². The summed E-state index contributed by atoms with van der Waals surface area (Å²) in [6.07, 6.45) is 1.30. The molecule has 3 heterocycles. The van der Waals surface area contributed by atoms with Crippen molar-refractivity contribution in [1.82, 2.24) is 9.97 Å². The van der Waals surface area contributed by atoms with Crippen molar-refractivity contribution < 1.29 is 9.84 Å². The van der Waals surface area contributed by atoms with Crippen LogP contribution in [0.4, 0.5) is 0 Å². The van der Waals surface area contributed by atoms with E-state index in [9.17, 15) is 5.11 Å². The van der Waals surface area contributed by atoms with Gasteiger partial charge < -0.3 is 9.84 Å². The Morgan fingerprint density at radius 3 is 2.55 bits per heavy atom. The third-order valence-electron chi connectivity index (χ3n) is 5.49. The number of fused-ring (bicyclic) bond motifs is 6. The van der Waals surface area contributed by atoms with Gasteiger partial charge >= 0.3 is 0 Å². The average molecular weight is 376 g/mol. The van der Waals surface area contributed by atoms with E-state index in [0.717, 1.165) is 44.3 Å². The van der Waals surface area contributed by atoms with Gasteiger partial charge in [0.15, 0.2) is 11.8 Å². The first-order valence-electron chi connectivity index (χ1n) is 9.52. The fourth-order valence-electron chi connectivity index (χ4n) is 4.12. The molecular weight excluding hydrogens is 360 g/mol. The van der Waals surface area contributed by atoms with Crippen molar-refractivity contribution in [3.63, 3.8) is 0 Å². The quantitative estimate of drug-likeness (QED) is 0.411. The maximum atomic E-state index is 10.6. The van der Waals surface area contributed by atoms with Gasteiger partial charge in [0, 0.05) is 33.7 Å². The average Bonchev–Trinajstić information content (AvgIpc) is 2.77. The first-order valence-corrected chi connectivity index (χ1v) is 9.52. The van der Waals surface area contributed by atoms with Crippen LogP contribution >= 0.6 is 0 Å². The number of aromatic hydroxyl groups is 1. The lowest BCUT2D eigenvalue weighted by Crippen LogP contribution is -2.17. The minimum absolute atomic E-state index is 0.207. The lowest BCUT2D eigenvalue weighted by atomic mass is 9.90. The summed E-state index contributed by atoms with van der Waals surface area (Å²) in [6, 6.07) is 25.6. The van der Waals surface area contributed by atoms with Crippen molar-refractivity contribution in [2.75, 3.05) is 0 Å². The molecular formula is C25H16N2O2. The van der Waals surface area contributed by atoms with Crippen molar-refractivity contribution in [3.8, 4) is 22.8 Å². The molecule has 1 aliphatic heterocycles. The zero-order chi connectivity index (χ0) is 19.4. The third-order valence-corrected chi connectivity index (χ3v) is 5.49. The first kappa shape index (κ1) is 16.1. The Labute approximate surface area is 167 Å². The van der Waals surface area contributed by atoms with Gasteiger partial charge in [-0.15, -0.1) is 0 Å². The molecule has 29 heavy (non-hydrogen) atoms. The van der Waals surface area contributed by atoms with E-state index in [1.165, 1.54) is 0 Å². The second kappa shape index (κ2) is 6.04. The normalized spacial score (nSPS) is 15.0. The largest absolute Gasteiger partial charge is 0.508 e. The second-order valence-electron chi connectivity index (χ2n) is 7.20. The van der Waals surface area contributed by atoms with Gasteiger partial charge in [-0.3, -0.25) is 0 Å². The minimum Gasteiger partial charge on any atom is -0.508 e. The fourth-order valence-corrected chi connectivity index (χ4v) is 4.12. The SMILES string of the molecule is Oc1ccccc1C1Oc2c(ccc3ccccc23)-c2nc3ncccc3cc21. The molecule has 0 fully saturated rings. The maximum Gasteiger partial charge on any atom is 0.159 e. The summed E-state index contributed by atoms with van der Waals surface area (Å²) in [5.74, 6) is 0.991. The summed E-state index contributed by atoms with van der Waals surface area (Å²) in [7, 11) is 0. The maximum absolute atomic E-state index is 10.6. The highest BCUT2D eigenvalue weighted by Gasteiger charge is 2.31. The lowest BCUT2D eigenvalue weighted by molar-refractivity contribution is 0.241. The van der Waals surface area contributed by atoms with Gasteiger partial charge in [-0.1, -0.05) is 48.5 Å². The molecule has 0 amide bonds. The Morgan fingerprint density at radius 2 is 1.62 bits per heavy atom. The summed E-state index contributed by atoms with van der Waals surface area (Å²) >= 11 is 0. The highest BCUT2D eigenvalue weighted by Crippen LogP contribution is 2.48. The topological polar surface area (TPSA) is 55.2 Å². The monoisotopic (exact) mass is 376 g/mol. The van der Waals surface area contributed by atoms with Crippen LogP contribution < -0.4 is 4.74 Å². The molecule has 3 aromatic carbocycles. The van der Waals surface area contributed by atoms with Crippen LogP contribution in [0, 0.1) is 0 Å². The molecule has 4 nitrogen and oxygen atoms in total. The number of phenols is 1. The van der Waals surface area contributed by atoms with Crippen molar-refractivity contribution in [1.29, 1.82) is 0 Å². The lowest BCUT2D eigenvalue weighted by Gasteiger charge is -2.30. The van der Waals surface area contributed by atoms with Gasteiger partial charge in [0.05, 0.1) is 5.69 Å². The summed E-state index contributed by atoms with van der Waals surface area (Å²) in [5, 5.41) is 13.6. The predicted octanol–water partition coefficient (Wildman–Crippen LogP) is 5.64. The number of nitrogens with zero attached hydrogens (tertiary/aromatic N) is 2. The molecule has 1 N–H and O–H groups in total. The van der Waals surface area contributed by atoms with Crippen LogP contribution in [0.1, 0.15) is 17.2 Å². The Kier molecular flexibility index (Phi) is 3.35. The molecule has 1 unspecified atom stereocenters. The van der Waals surface area contributed by atoms with E-state index in [1.807, 2.05) is 42.5 Å². The zero-order valence-electron chi connectivity index (χ0n) is 15.4. The van der Waals surface area contributed by atoms with Crippen LogP contribution in [0.5, 0.6) is 11.5 Å². The Balaban J connectivity index is 1.71. The molecule has 0 saturated heterocycles. The van der Waals surface area contributed by atoms with E-state index in [-0.39, 0.29) is 5.75 Å². The molecule has 0 spiro atoms. The van der Waals surface area contributed by atoms with E-state index in [1.54, 1.807) is 12.3 Å². The van der Waals surface area contributed by atoms with Crippen LogP contribution in [0.15, 0.2) is 85.1 Å². The molecule has 5 aromatic rings. The van der Waals surface area contributed by atoms with Crippen LogP contribution in [0.2, 0.25) is 0 Å². The van der Waals surface area contributed by atoms with Crippen LogP contribution in [-0.4, -0.2) is 15.1 Å².